The van der Waals surface area contributed by atoms with Gasteiger partial charge in [-0.05, 0) is 24.8 Å². The van der Waals surface area contributed by atoms with Gasteiger partial charge in [-0.25, -0.2) is 0 Å². The van der Waals surface area contributed by atoms with Crippen molar-refractivity contribution in [2.24, 2.45) is 11.7 Å². The zero-order valence-corrected chi connectivity index (χ0v) is 18.7. The fourth-order valence-corrected chi connectivity index (χ4v) is 9.26. The van der Waals surface area contributed by atoms with Crippen molar-refractivity contribution < 1.29 is 4.79 Å². The molecule has 152 valence electrons. The van der Waals surface area contributed by atoms with E-state index in [9.17, 15) is 4.79 Å². The molecular formula is C24H36N2OSi. The Balaban J connectivity index is 2.41. The van der Waals surface area contributed by atoms with Crippen molar-refractivity contribution in [3.63, 3.8) is 0 Å². The van der Waals surface area contributed by atoms with Crippen LogP contribution in [0.2, 0.25) is 6.04 Å². The van der Waals surface area contributed by atoms with E-state index in [1.165, 1.54) is 10.4 Å². The maximum atomic E-state index is 12.5. The maximum Gasteiger partial charge on any atom is 0.219 e. The molecule has 3 N–H and O–H groups in total. The lowest BCUT2D eigenvalue weighted by Gasteiger charge is -2.39. The van der Waals surface area contributed by atoms with Crippen LogP contribution in [0, 0.1) is 5.92 Å². The first-order chi connectivity index (χ1) is 13.5. The lowest BCUT2D eigenvalue weighted by Crippen LogP contribution is -2.69. The van der Waals surface area contributed by atoms with Crippen molar-refractivity contribution in [2.75, 3.05) is 6.54 Å². The van der Waals surface area contributed by atoms with Gasteiger partial charge in [-0.3, -0.25) is 4.79 Å². The summed E-state index contributed by atoms with van der Waals surface area (Å²) in [6.07, 6.45) is 3.61. The Morgan fingerprint density at radius 1 is 1.00 bits per heavy atom. The van der Waals surface area contributed by atoms with Gasteiger partial charge in [0, 0.05) is 18.6 Å². The van der Waals surface area contributed by atoms with Crippen LogP contribution in [0.4, 0.5) is 0 Å². The highest BCUT2D eigenvalue weighted by molar-refractivity contribution is 7.03. The van der Waals surface area contributed by atoms with Crippen molar-refractivity contribution in [1.82, 2.24) is 5.32 Å². The molecule has 0 aromatic heterocycles. The number of nitrogens with two attached hydrogens (primary N) is 1. The molecule has 0 aliphatic carbocycles. The average Bonchev–Trinajstić information content (AvgIpc) is 2.70. The van der Waals surface area contributed by atoms with Gasteiger partial charge < -0.3 is 11.1 Å². The first-order valence-electron chi connectivity index (χ1n) is 10.6. The molecule has 28 heavy (non-hydrogen) atoms. The number of unbranched alkanes of at least 4 members (excludes halogenated alkanes) is 1. The Morgan fingerprint density at radius 3 is 2.00 bits per heavy atom. The van der Waals surface area contributed by atoms with E-state index in [0.29, 0.717) is 12.3 Å². The van der Waals surface area contributed by atoms with Crippen LogP contribution < -0.4 is 21.4 Å². The van der Waals surface area contributed by atoms with E-state index < -0.39 is 8.07 Å². The number of amides is 1. The smallest absolute Gasteiger partial charge is 0.219 e. The van der Waals surface area contributed by atoms with E-state index in [0.717, 1.165) is 31.9 Å². The summed E-state index contributed by atoms with van der Waals surface area (Å²) >= 11 is 0. The molecule has 2 rings (SSSR count). The molecule has 1 amide bonds. The predicted octanol–water partition coefficient (Wildman–Crippen LogP) is 3.47. The first-order valence-corrected chi connectivity index (χ1v) is 12.9. The van der Waals surface area contributed by atoms with E-state index in [1.807, 2.05) is 0 Å². The molecule has 0 saturated carbocycles. The summed E-state index contributed by atoms with van der Waals surface area (Å²) in [6.45, 7) is 7.36. The summed E-state index contributed by atoms with van der Waals surface area (Å²) in [6, 6.07) is 22.2. The molecule has 0 bridgehead atoms. The molecule has 0 heterocycles. The average molecular weight is 397 g/mol. The summed E-state index contributed by atoms with van der Waals surface area (Å²) in [5, 5.41) is 5.74. The number of rotatable bonds is 11. The molecule has 1 atom stereocenters. The second-order valence-corrected chi connectivity index (χ2v) is 12.5. The second-order valence-electron chi connectivity index (χ2n) is 8.14. The lowest BCUT2D eigenvalue weighted by molar-refractivity contribution is -0.120. The molecule has 2 aromatic carbocycles. The molecular weight excluding hydrogens is 360 g/mol. The summed E-state index contributed by atoms with van der Waals surface area (Å²) in [4.78, 5) is 12.5. The van der Waals surface area contributed by atoms with Crippen molar-refractivity contribution in [1.29, 1.82) is 0 Å². The molecule has 3 nitrogen and oxygen atoms in total. The maximum absolute atomic E-state index is 12.5. The van der Waals surface area contributed by atoms with Gasteiger partial charge >= 0.3 is 0 Å². The van der Waals surface area contributed by atoms with Gasteiger partial charge in [0.15, 0.2) is 0 Å². The van der Waals surface area contributed by atoms with Gasteiger partial charge in [0.25, 0.3) is 0 Å². The van der Waals surface area contributed by atoms with Crippen LogP contribution in [-0.2, 0) is 4.79 Å². The monoisotopic (exact) mass is 396 g/mol. The van der Waals surface area contributed by atoms with Crippen LogP contribution in [0.3, 0.4) is 0 Å². The Kier molecular flexibility index (Phi) is 8.93. The zero-order chi connectivity index (χ0) is 20.4. The Labute approximate surface area is 171 Å². The summed E-state index contributed by atoms with van der Waals surface area (Å²) in [5.74, 6) is 0.668. The third-order valence-electron chi connectivity index (χ3n) is 5.54. The molecule has 0 saturated heterocycles. The van der Waals surface area contributed by atoms with Gasteiger partial charge in [-0.15, -0.1) is 0 Å². The Bertz CT molecular complexity index is 664. The van der Waals surface area contributed by atoms with E-state index in [2.05, 4.69) is 86.8 Å². The fourth-order valence-electron chi connectivity index (χ4n) is 4.05. The lowest BCUT2D eigenvalue weighted by atomic mass is 10.1. The normalized spacial score (nSPS) is 12.8. The number of carbonyl (C=O) groups is 1. The highest BCUT2D eigenvalue weighted by atomic mass is 28.3. The van der Waals surface area contributed by atoms with E-state index in [4.69, 9.17) is 5.73 Å². The topological polar surface area (TPSA) is 55.1 Å². The minimum atomic E-state index is -2.31. The molecule has 0 fully saturated rings. The molecule has 0 unspecified atom stereocenters. The van der Waals surface area contributed by atoms with Crippen LogP contribution in [0.25, 0.3) is 0 Å². The number of carbonyl (C=O) groups excluding carboxylic acids is 1. The molecule has 0 radical (unpaired) electrons. The Hall–Kier alpha value is -1.91. The molecule has 4 heteroatoms. The third kappa shape index (κ3) is 5.79. The Morgan fingerprint density at radius 2 is 1.54 bits per heavy atom. The van der Waals surface area contributed by atoms with Crippen LogP contribution in [0.1, 0.15) is 46.5 Å². The van der Waals surface area contributed by atoms with Gasteiger partial charge in [0.2, 0.25) is 5.91 Å². The predicted molar refractivity (Wildman–Crippen MR) is 123 cm³/mol. The van der Waals surface area contributed by atoms with Gasteiger partial charge in [0.05, 0.1) is 0 Å². The van der Waals surface area contributed by atoms with Gasteiger partial charge in [-0.2, -0.15) is 0 Å². The SMILES string of the molecule is CCCCNC(=O)CC[Si](c1ccccc1)(c1ccccc1)[C@@H](N)CC(C)C. The fraction of sp³-hybridized carbons (Fsp3) is 0.458. The minimum Gasteiger partial charge on any atom is -0.356 e. The zero-order valence-electron chi connectivity index (χ0n) is 17.7. The first kappa shape index (κ1) is 22.4. The van der Waals surface area contributed by atoms with Gasteiger partial charge in [0.1, 0.15) is 8.07 Å². The second kappa shape index (κ2) is 11.2. The minimum absolute atomic E-state index is 0.0701. The standard InChI is InChI=1S/C24H36N2OSi/c1-4-5-17-26-24(27)16-18-28(23(25)19-20(2)3,21-12-8-6-9-13-21)22-14-10-7-11-15-22/h6-15,20,23H,4-5,16-19,25H2,1-3H3,(H,26,27)/t23-/m1/s1. The molecule has 0 spiro atoms. The summed E-state index contributed by atoms with van der Waals surface area (Å²) in [7, 11) is -2.31. The third-order valence-corrected chi connectivity index (χ3v) is 10.8. The largest absolute Gasteiger partial charge is 0.356 e. The summed E-state index contributed by atoms with van der Waals surface area (Å²) in [5.41, 5.74) is 7.03. The van der Waals surface area contributed by atoms with E-state index in [-0.39, 0.29) is 11.6 Å². The number of hydrogen-bond acceptors (Lipinski definition) is 2. The number of hydrogen-bond donors (Lipinski definition) is 2. The number of benzene rings is 2. The molecule has 0 aliphatic heterocycles. The van der Waals surface area contributed by atoms with Crippen molar-refractivity contribution in [2.45, 2.75) is 58.2 Å². The number of nitrogens with one attached hydrogen (secondary N) is 1. The van der Waals surface area contributed by atoms with Crippen LogP contribution in [-0.4, -0.2) is 26.2 Å². The van der Waals surface area contributed by atoms with Crippen LogP contribution in [0.15, 0.2) is 60.7 Å². The van der Waals surface area contributed by atoms with Crippen molar-refractivity contribution in [3.8, 4) is 0 Å². The van der Waals surface area contributed by atoms with Gasteiger partial charge in [-0.1, -0.05) is 98.2 Å². The van der Waals surface area contributed by atoms with Crippen molar-refractivity contribution >= 4 is 24.4 Å². The van der Waals surface area contributed by atoms with Crippen LogP contribution >= 0.6 is 0 Å². The highest BCUT2D eigenvalue weighted by Crippen LogP contribution is 2.22. The highest BCUT2D eigenvalue weighted by Gasteiger charge is 2.43. The summed E-state index contributed by atoms with van der Waals surface area (Å²) < 4.78 is 0. The van der Waals surface area contributed by atoms with Crippen molar-refractivity contribution in [3.05, 3.63) is 60.7 Å². The quantitative estimate of drug-likeness (QED) is 0.451. The van der Waals surface area contributed by atoms with Crippen LogP contribution in [0.5, 0.6) is 0 Å². The van der Waals surface area contributed by atoms with E-state index in [1.54, 1.807) is 0 Å². The molecule has 2 aromatic rings. The molecule has 0 aliphatic rings. The van der Waals surface area contributed by atoms with E-state index >= 15 is 0 Å².